The molecule has 0 saturated carbocycles. The van der Waals surface area contributed by atoms with Crippen molar-refractivity contribution in [3.05, 3.63) is 54.1 Å². The van der Waals surface area contributed by atoms with Crippen LogP contribution in [-0.2, 0) is 4.79 Å². The van der Waals surface area contributed by atoms with E-state index in [9.17, 15) is 4.79 Å². The molecule has 0 aliphatic carbocycles. The molecular weight excluding hydrogens is 340 g/mol. The van der Waals surface area contributed by atoms with E-state index in [0.717, 1.165) is 29.8 Å². The van der Waals surface area contributed by atoms with E-state index in [2.05, 4.69) is 65.1 Å². The van der Waals surface area contributed by atoms with Crippen LogP contribution >= 0.6 is 0 Å². The summed E-state index contributed by atoms with van der Waals surface area (Å²) in [5, 5.41) is 12.6. The van der Waals surface area contributed by atoms with Crippen molar-refractivity contribution in [2.75, 3.05) is 24.5 Å². The Labute approximate surface area is 159 Å². The summed E-state index contributed by atoms with van der Waals surface area (Å²) in [7, 11) is 0. The highest BCUT2D eigenvalue weighted by Gasteiger charge is 2.30. The van der Waals surface area contributed by atoms with E-state index >= 15 is 0 Å². The van der Waals surface area contributed by atoms with Gasteiger partial charge in [0, 0.05) is 30.9 Å². The van der Waals surface area contributed by atoms with Gasteiger partial charge in [0.15, 0.2) is 0 Å². The minimum absolute atomic E-state index is 0.0972. The van der Waals surface area contributed by atoms with Crippen LogP contribution in [-0.4, -0.2) is 53.9 Å². The second-order valence-corrected chi connectivity index (χ2v) is 7.12. The summed E-state index contributed by atoms with van der Waals surface area (Å²) in [5.41, 5.74) is 4.43. The van der Waals surface area contributed by atoms with E-state index in [1.807, 2.05) is 12.1 Å². The number of carboxylic acid groups (broad SMARTS) is 1. The van der Waals surface area contributed by atoms with Gasteiger partial charge in [-0.05, 0) is 42.7 Å². The first-order chi connectivity index (χ1) is 13.0. The van der Waals surface area contributed by atoms with E-state index in [4.69, 9.17) is 10.9 Å². The van der Waals surface area contributed by atoms with Gasteiger partial charge in [0.2, 0.25) is 0 Å². The molecule has 0 aromatic heterocycles. The Morgan fingerprint density at radius 3 is 2.07 bits per heavy atom. The average molecular weight is 366 g/mol. The molecule has 2 aromatic carbocycles. The Morgan fingerprint density at radius 1 is 1.07 bits per heavy atom. The first-order valence-electron chi connectivity index (χ1n) is 9.14. The van der Waals surface area contributed by atoms with Gasteiger partial charge in [-0.3, -0.25) is 9.69 Å². The van der Waals surface area contributed by atoms with E-state index in [0.29, 0.717) is 0 Å². The molecule has 1 heterocycles. The number of hydrogen-bond donors (Lipinski definition) is 2. The zero-order chi connectivity index (χ0) is 19.4. The zero-order valence-corrected chi connectivity index (χ0v) is 15.7. The average Bonchev–Trinajstić information content (AvgIpc) is 2.65. The van der Waals surface area contributed by atoms with Crippen molar-refractivity contribution in [3.63, 3.8) is 0 Å². The van der Waals surface area contributed by atoms with E-state index < -0.39 is 5.97 Å². The molecule has 2 aromatic rings. The second kappa shape index (κ2) is 8.22. The fourth-order valence-corrected chi connectivity index (χ4v) is 3.75. The van der Waals surface area contributed by atoms with Crippen LogP contribution in [0.3, 0.4) is 0 Å². The Balaban J connectivity index is 1.71. The van der Waals surface area contributed by atoms with Crippen LogP contribution in [0.5, 0.6) is 0 Å². The topological polar surface area (TPSA) is 82.2 Å². The number of aliphatic carboxylic acids is 1. The molecule has 142 valence electrons. The lowest BCUT2D eigenvalue weighted by Gasteiger charge is -2.44. The summed E-state index contributed by atoms with van der Waals surface area (Å²) in [5.74, 6) is 4.41. The predicted molar refractivity (Wildman–Crippen MR) is 109 cm³/mol. The summed E-state index contributed by atoms with van der Waals surface area (Å²) in [6, 6.07) is 17.0. The highest BCUT2D eigenvalue weighted by atomic mass is 16.4. The molecule has 1 saturated heterocycles. The molecule has 2 atom stereocenters. The number of carbonyl (C=O) groups is 1. The fraction of sp³-hybridized carbons (Fsp3) is 0.333. The van der Waals surface area contributed by atoms with Crippen molar-refractivity contribution in [1.82, 2.24) is 4.90 Å². The smallest absolute Gasteiger partial charge is 0.317 e. The molecule has 6 nitrogen and oxygen atoms in total. The summed E-state index contributed by atoms with van der Waals surface area (Å²) in [6.07, 6.45) is 1.62. The van der Waals surface area contributed by atoms with Crippen LogP contribution in [0.1, 0.15) is 19.4 Å². The molecule has 0 radical (unpaired) electrons. The predicted octanol–water partition coefficient (Wildman–Crippen LogP) is 2.63. The minimum Gasteiger partial charge on any atom is -0.480 e. The molecule has 0 amide bonds. The van der Waals surface area contributed by atoms with Crippen LogP contribution in [0, 0.1) is 0 Å². The van der Waals surface area contributed by atoms with Crippen molar-refractivity contribution in [2.24, 2.45) is 10.9 Å². The molecule has 0 spiro atoms. The Hall–Kier alpha value is -2.86. The van der Waals surface area contributed by atoms with Gasteiger partial charge in [-0.15, -0.1) is 0 Å². The zero-order valence-electron chi connectivity index (χ0n) is 15.7. The van der Waals surface area contributed by atoms with Gasteiger partial charge in [-0.2, -0.15) is 5.10 Å². The number of anilines is 1. The number of carboxylic acids is 1. The normalized spacial score (nSPS) is 20.9. The van der Waals surface area contributed by atoms with Crippen LogP contribution < -0.4 is 10.7 Å². The minimum atomic E-state index is -0.768. The van der Waals surface area contributed by atoms with Gasteiger partial charge >= 0.3 is 5.97 Å². The highest BCUT2D eigenvalue weighted by Crippen LogP contribution is 2.26. The van der Waals surface area contributed by atoms with Gasteiger partial charge in [0.25, 0.3) is 0 Å². The van der Waals surface area contributed by atoms with Gasteiger partial charge in [-0.25, -0.2) is 0 Å². The lowest BCUT2D eigenvalue weighted by atomic mass is 10.0. The number of rotatable bonds is 5. The summed E-state index contributed by atoms with van der Waals surface area (Å²) >= 11 is 0. The molecule has 3 rings (SSSR count). The maximum atomic E-state index is 11.1. The first-order valence-corrected chi connectivity index (χ1v) is 9.14. The van der Waals surface area contributed by atoms with Crippen molar-refractivity contribution in [3.8, 4) is 11.1 Å². The Morgan fingerprint density at radius 2 is 1.59 bits per heavy atom. The second-order valence-electron chi connectivity index (χ2n) is 7.12. The largest absolute Gasteiger partial charge is 0.480 e. The number of hydrazone groups is 1. The molecule has 27 heavy (non-hydrogen) atoms. The number of piperazine rings is 1. The third-order valence-corrected chi connectivity index (χ3v) is 5.12. The Kier molecular flexibility index (Phi) is 5.76. The van der Waals surface area contributed by atoms with Crippen molar-refractivity contribution >= 4 is 17.9 Å². The van der Waals surface area contributed by atoms with Crippen LogP contribution in [0.25, 0.3) is 11.1 Å². The van der Waals surface area contributed by atoms with E-state index in [1.165, 1.54) is 5.69 Å². The number of nitrogens with two attached hydrogens (primary N) is 1. The number of benzene rings is 2. The lowest BCUT2D eigenvalue weighted by molar-refractivity contribution is -0.139. The summed E-state index contributed by atoms with van der Waals surface area (Å²) < 4.78 is 0. The third-order valence-electron chi connectivity index (χ3n) is 5.12. The SMILES string of the molecule is C[C@@H]1CN(c2ccc(-c3ccc(C=NN)cc3)cc2)C[C@H](C)N1CC(=O)O. The lowest BCUT2D eigenvalue weighted by Crippen LogP contribution is -2.58. The fourth-order valence-electron chi connectivity index (χ4n) is 3.75. The first kappa shape index (κ1) is 18.9. The van der Waals surface area contributed by atoms with Gasteiger partial charge < -0.3 is 15.8 Å². The van der Waals surface area contributed by atoms with Crippen molar-refractivity contribution in [2.45, 2.75) is 25.9 Å². The molecule has 1 aliphatic heterocycles. The van der Waals surface area contributed by atoms with Gasteiger partial charge in [-0.1, -0.05) is 36.4 Å². The molecule has 0 unspecified atom stereocenters. The summed E-state index contributed by atoms with van der Waals surface area (Å²) in [4.78, 5) is 15.5. The summed E-state index contributed by atoms with van der Waals surface area (Å²) in [6.45, 7) is 5.92. The molecular formula is C21H26N4O2. The third kappa shape index (κ3) is 4.46. The molecule has 3 N–H and O–H groups in total. The molecule has 0 bridgehead atoms. The van der Waals surface area contributed by atoms with Gasteiger partial charge in [0.05, 0.1) is 12.8 Å². The standard InChI is InChI=1S/C21H26N4O2/c1-15-12-24(13-16(2)25(15)14-21(26)27)20-9-7-19(8-10-20)18-5-3-17(4-6-18)11-23-22/h3-11,15-16H,12-14,22H2,1-2H3,(H,26,27)/t15-,16+. The van der Waals surface area contributed by atoms with Gasteiger partial charge in [0.1, 0.15) is 0 Å². The van der Waals surface area contributed by atoms with Crippen LogP contribution in [0.15, 0.2) is 53.6 Å². The van der Waals surface area contributed by atoms with E-state index in [-0.39, 0.29) is 18.6 Å². The molecule has 1 fully saturated rings. The number of hydrogen-bond acceptors (Lipinski definition) is 5. The maximum absolute atomic E-state index is 11.1. The van der Waals surface area contributed by atoms with Crippen molar-refractivity contribution in [1.29, 1.82) is 0 Å². The molecule has 6 heteroatoms. The van der Waals surface area contributed by atoms with E-state index in [1.54, 1.807) is 6.21 Å². The number of nitrogens with zero attached hydrogens (tertiary/aromatic N) is 3. The van der Waals surface area contributed by atoms with Crippen LogP contribution in [0.4, 0.5) is 5.69 Å². The molecule has 1 aliphatic rings. The van der Waals surface area contributed by atoms with Crippen molar-refractivity contribution < 1.29 is 9.90 Å². The van der Waals surface area contributed by atoms with Crippen LogP contribution in [0.2, 0.25) is 0 Å². The highest BCUT2D eigenvalue weighted by molar-refractivity contribution is 5.80. The quantitative estimate of drug-likeness (QED) is 0.483. The monoisotopic (exact) mass is 366 g/mol. The maximum Gasteiger partial charge on any atom is 0.317 e. The Bertz CT molecular complexity index is 790.